The number of para-hydroxylation sites is 1. The molecule has 1 N–H and O–H groups in total. The molecule has 164 valence electrons. The fourth-order valence-electron chi connectivity index (χ4n) is 4.11. The predicted octanol–water partition coefficient (Wildman–Crippen LogP) is 4.49. The van der Waals surface area contributed by atoms with Crippen LogP contribution in [-0.2, 0) is 11.3 Å². The summed E-state index contributed by atoms with van der Waals surface area (Å²) in [5.74, 6) is 1.84. The van der Waals surface area contributed by atoms with Gasteiger partial charge in [0.05, 0.1) is 18.7 Å². The smallest absolute Gasteiger partial charge is 0.158 e. The summed E-state index contributed by atoms with van der Waals surface area (Å²) in [6.07, 6.45) is 0. The molecule has 1 fully saturated rings. The molecule has 0 radical (unpaired) electrons. The molecule has 6 heteroatoms. The molecule has 5 rings (SSSR count). The van der Waals surface area contributed by atoms with Crippen molar-refractivity contribution in [1.82, 2.24) is 10.2 Å². The van der Waals surface area contributed by atoms with Gasteiger partial charge in [0.15, 0.2) is 5.82 Å². The summed E-state index contributed by atoms with van der Waals surface area (Å²) < 4.78 is 11.6. The zero-order valence-corrected chi connectivity index (χ0v) is 18.1. The van der Waals surface area contributed by atoms with Crippen molar-refractivity contribution in [2.75, 3.05) is 49.2 Å². The third kappa shape index (κ3) is 4.70. The number of hydrogen-bond donors (Lipinski definition) is 1. The van der Waals surface area contributed by atoms with Crippen LogP contribution in [0.25, 0.3) is 10.9 Å². The number of H-pyrrole nitrogens is 1. The molecule has 0 atom stereocenters. The van der Waals surface area contributed by atoms with E-state index in [0.717, 1.165) is 48.6 Å². The first-order chi connectivity index (χ1) is 15.9. The van der Waals surface area contributed by atoms with Gasteiger partial charge in [0, 0.05) is 43.3 Å². The van der Waals surface area contributed by atoms with Crippen LogP contribution in [-0.4, -0.2) is 49.6 Å². The van der Waals surface area contributed by atoms with Gasteiger partial charge >= 0.3 is 0 Å². The number of nitrogens with one attached hydrogen (secondary N) is 1. The Labute approximate surface area is 188 Å². The zero-order valence-electron chi connectivity index (χ0n) is 18.1. The number of ether oxygens (including phenoxy) is 2. The van der Waals surface area contributed by atoms with Crippen LogP contribution >= 0.6 is 0 Å². The van der Waals surface area contributed by atoms with Gasteiger partial charge in [0.2, 0.25) is 0 Å². The first-order valence-electron chi connectivity index (χ1n) is 11.1. The summed E-state index contributed by atoms with van der Waals surface area (Å²) in [7, 11) is 0. The van der Waals surface area contributed by atoms with Crippen molar-refractivity contribution in [3.8, 4) is 5.75 Å². The van der Waals surface area contributed by atoms with Crippen LogP contribution in [0.15, 0.2) is 78.9 Å². The summed E-state index contributed by atoms with van der Waals surface area (Å²) in [5, 5.41) is 8.91. The summed E-state index contributed by atoms with van der Waals surface area (Å²) in [4.78, 5) is 4.79. The SMILES string of the molecule is c1ccc(COCCOc2ccc3c(N4CCN(c5ccccc5)CC4)n[nH]c3c2)cc1. The molecule has 1 aliphatic heterocycles. The fourth-order valence-corrected chi connectivity index (χ4v) is 4.11. The molecule has 6 nitrogen and oxygen atoms in total. The van der Waals surface area contributed by atoms with E-state index < -0.39 is 0 Å². The van der Waals surface area contributed by atoms with E-state index in [-0.39, 0.29) is 0 Å². The zero-order chi connectivity index (χ0) is 21.6. The molecule has 1 aromatic heterocycles. The number of aromatic nitrogens is 2. The van der Waals surface area contributed by atoms with Crippen molar-refractivity contribution in [2.24, 2.45) is 0 Å². The molecule has 4 aromatic rings. The number of piperazine rings is 1. The minimum absolute atomic E-state index is 0.515. The van der Waals surface area contributed by atoms with Crippen LogP contribution in [0.4, 0.5) is 11.5 Å². The van der Waals surface area contributed by atoms with Crippen molar-refractivity contribution in [3.05, 3.63) is 84.4 Å². The number of rotatable bonds is 8. The van der Waals surface area contributed by atoms with Gasteiger partial charge in [0.1, 0.15) is 12.4 Å². The van der Waals surface area contributed by atoms with Gasteiger partial charge in [-0.2, -0.15) is 5.10 Å². The molecular formula is C26H28N4O2. The van der Waals surface area contributed by atoms with E-state index in [2.05, 4.69) is 68.5 Å². The van der Waals surface area contributed by atoms with Gasteiger partial charge < -0.3 is 19.3 Å². The van der Waals surface area contributed by atoms with Gasteiger partial charge in [-0.05, 0) is 29.8 Å². The molecule has 1 aliphatic rings. The molecule has 0 bridgehead atoms. The van der Waals surface area contributed by atoms with Crippen LogP contribution in [0.5, 0.6) is 5.75 Å². The molecule has 0 spiro atoms. The van der Waals surface area contributed by atoms with E-state index in [1.165, 1.54) is 11.3 Å². The Bertz CT molecular complexity index is 1120. The van der Waals surface area contributed by atoms with Crippen LogP contribution in [0.3, 0.4) is 0 Å². The first kappa shape index (κ1) is 20.4. The van der Waals surface area contributed by atoms with E-state index in [9.17, 15) is 0 Å². The standard InChI is InChI=1S/C26H28N4O2/c1-3-7-21(8-4-1)20-31-17-18-32-23-11-12-24-25(19-23)27-28-26(24)30-15-13-29(14-16-30)22-9-5-2-6-10-22/h1-12,19H,13-18,20H2,(H,27,28). The van der Waals surface area contributed by atoms with Gasteiger partial charge in [-0.15, -0.1) is 0 Å². The van der Waals surface area contributed by atoms with Crippen LogP contribution in [0.1, 0.15) is 5.56 Å². The van der Waals surface area contributed by atoms with Gasteiger partial charge in [0.25, 0.3) is 0 Å². The molecule has 3 aromatic carbocycles. The number of aromatic amines is 1. The number of benzene rings is 3. The lowest BCUT2D eigenvalue weighted by atomic mass is 10.2. The molecule has 0 aliphatic carbocycles. The van der Waals surface area contributed by atoms with Crippen molar-refractivity contribution >= 4 is 22.4 Å². The summed E-state index contributed by atoms with van der Waals surface area (Å²) in [6.45, 7) is 5.54. The Morgan fingerprint density at radius 3 is 2.28 bits per heavy atom. The first-order valence-corrected chi connectivity index (χ1v) is 11.1. The van der Waals surface area contributed by atoms with E-state index in [1.807, 2.05) is 30.3 Å². The highest BCUT2D eigenvalue weighted by atomic mass is 16.5. The maximum Gasteiger partial charge on any atom is 0.158 e. The molecular weight excluding hydrogens is 400 g/mol. The predicted molar refractivity (Wildman–Crippen MR) is 129 cm³/mol. The third-order valence-electron chi connectivity index (χ3n) is 5.82. The van der Waals surface area contributed by atoms with E-state index in [0.29, 0.717) is 19.8 Å². The van der Waals surface area contributed by atoms with Crippen molar-refractivity contribution in [1.29, 1.82) is 0 Å². The lowest BCUT2D eigenvalue weighted by molar-refractivity contribution is 0.0889. The molecule has 0 amide bonds. The summed E-state index contributed by atoms with van der Waals surface area (Å²) >= 11 is 0. The molecule has 32 heavy (non-hydrogen) atoms. The Morgan fingerprint density at radius 1 is 0.781 bits per heavy atom. The topological polar surface area (TPSA) is 53.6 Å². The lowest BCUT2D eigenvalue weighted by Crippen LogP contribution is -2.46. The Morgan fingerprint density at radius 2 is 1.50 bits per heavy atom. The van der Waals surface area contributed by atoms with Crippen LogP contribution in [0, 0.1) is 0 Å². The number of fused-ring (bicyclic) bond motifs is 1. The minimum atomic E-state index is 0.515. The third-order valence-corrected chi connectivity index (χ3v) is 5.82. The van der Waals surface area contributed by atoms with Gasteiger partial charge in [-0.3, -0.25) is 5.10 Å². The highest BCUT2D eigenvalue weighted by Gasteiger charge is 2.21. The number of nitrogens with zero attached hydrogens (tertiary/aromatic N) is 3. The van der Waals surface area contributed by atoms with Gasteiger partial charge in [-0.1, -0.05) is 48.5 Å². The maximum atomic E-state index is 5.88. The Hall–Kier alpha value is -3.51. The highest BCUT2D eigenvalue weighted by molar-refractivity contribution is 5.91. The van der Waals surface area contributed by atoms with Gasteiger partial charge in [-0.25, -0.2) is 0 Å². The summed E-state index contributed by atoms with van der Waals surface area (Å²) in [6, 6.07) is 26.9. The Kier molecular flexibility index (Phi) is 6.21. The second-order valence-electron chi connectivity index (χ2n) is 7.95. The number of anilines is 2. The average Bonchev–Trinajstić information content (AvgIpc) is 3.28. The average molecular weight is 429 g/mol. The summed E-state index contributed by atoms with van der Waals surface area (Å²) in [5.41, 5.74) is 3.45. The van der Waals surface area contributed by atoms with E-state index in [4.69, 9.17) is 9.47 Å². The molecule has 2 heterocycles. The lowest BCUT2D eigenvalue weighted by Gasteiger charge is -2.36. The van der Waals surface area contributed by atoms with Crippen molar-refractivity contribution in [2.45, 2.75) is 6.61 Å². The second kappa shape index (κ2) is 9.75. The van der Waals surface area contributed by atoms with Crippen LogP contribution < -0.4 is 14.5 Å². The maximum absolute atomic E-state index is 5.88. The number of hydrogen-bond acceptors (Lipinski definition) is 5. The monoisotopic (exact) mass is 428 g/mol. The van der Waals surface area contributed by atoms with Crippen molar-refractivity contribution in [3.63, 3.8) is 0 Å². The highest BCUT2D eigenvalue weighted by Crippen LogP contribution is 2.28. The molecule has 0 unspecified atom stereocenters. The normalized spacial score (nSPS) is 14.1. The largest absolute Gasteiger partial charge is 0.491 e. The quantitative estimate of drug-likeness (QED) is 0.419. The minimum Gasteiger partial charge on any atom is -0.491 e. The second-order valence-corrected chi connectivity index (χ2v) is 7.95. The van der Waals surface area contributed by atoms with Crippen LogP contribution in [0.2, 0.25) is 0 Å². The Balaban J connectivity index is 1.14. The molecule has 0 saturated carbocycles. The fraction of sp³-hybridized carbons (Fsp3) is 0.269. The van der Waals surface area contributed by atoms with E-state index >= 15 is 0 Å². The molecule has 1 saturated heterocycles. The van der Waals surface area contributed by atoms with E-state index in [1.54, 1.807) is 0 Å². The van der Waals surface area contributed by atoms with Crippen molar-refractivity contribution < 1.29 is 9.47 Å².